The molecule has 3 aromatic heterocycles. The second kappa shape index (κ2) is 8.57. The van der Waals surface area contributed by atoms with Crippen molar-refractivity contribution in [2.75, 3.05) is 18.0 Å². The van der Waals surface area contributed by atoms with Crippen LogP contribution >= 0.6 is 0 Å². The molecule has 4 heterocycles. The first kappa shape index (κ1) is 22.9. The fourth-order valence-electron chi connectivity index (χ4n) is 4.53. The van der Waals surface area contributed by atoms with E-state index in [0.29, 0.717) is 48.2 Å². The number of fused-ring (bicyclic) bond motifs is 5. The van der Waals surface area contributed by atoms with Gasteiger partial charge in [-0.25, -0.2) is 15.0 Å². The van der Waals surface area contributed by atoms with Crippen molar-refractivity contribution in [2.24, 2.45) is 5.92 Å². The van der Waals surface area contributed by atoms with Gasteiger partial charge in [-0.2, -0.15) is 0 Å². The molecule has 0 amide bonds. The highest BCUT2D eigenvalue weighted by Gasteiger charge is 2.33. The van der Waals surface area contributed by atoms with Crippen LogP contribution in [-0.2, 0) is 24.2 Å². The predicted molar refractivity (Wildman–Crippen MR) is 124 cm³/mol. The molecule has 0 aliphatic carbocycles. The fraction of sp³-hybridized carbons (Fsp3) is 0.625. The summed E-state index contributed by atoms with van der Waals surface area (Å²) in [6, 6.07) is 0. The monoisotopic (exact) mass is 442 g/mol. The van der Waals surface area contributed by atoms with Gasteiger partial charge in [0, 0.05) is 25.1 Å². The van der Waals surface area contributed by atoms with E-state index >= 15 is 0 Å². The Hall–Kier alpha value is -2.29. The Morgan fingerprint density at radius 2 is 1.75 bits per heavy atom. The van der Waals surface area contributed by atoms with Crippen molar-refractivity contribution in [3.63, 3.8) is 0 Å². The lowest BCUT2D eigenvalue weighted by atomic mass is 9.88. The van der Waals surface area contributed by atoms with Gasteiger partial charge < -0.3 is 24.3 Å². The van der Waals surface area contributed by atoms with Gasteiger partial charge in [0.1, 0.15) is 11.8 Å². The SMILES string of the molecule is CC(C)Cc1nc2oc3c(N(CC(C)O)CC(C)O)ncnc3c2c2c1COC(C)(C)C2. The third-order valence-electron chi connectivity index (χ3n) is 5.77. The van der Waals surface area contributed by atoms with Gasteiger partial charge in [-0.1, -0.05) is 13.8 Å². The summed E-state index contributed by atoms with van der Waals surface area (Å²) in [7, 11) is 0. The minimum atomic E-state index is -0.593. The summed E-state index contributed by atoms with van der Waals surface area (Å²) >= 11 is 0. The Labute approximate surface area is 188 Å². The average Bonchev–Trinajstić information content (AvgIpc) is 3.03. The van der Waals surface area contributed by atoms with Crippen molar-refractivity contribution in [1.82, 2.24) is 15.0 Å². The maximum Gasteiger partial charge on any atom is 0.229 e. The summed E-state index contributed by atoms with van der Waals surface area (Å²) in [6.45, 7) is 13.1. The van der Waals surface area contributed by atoms with Crippen LogP contribution in [0.15, 0.2) is 10.7 Å². The van der Waals surface area contributed by atoms with Crippen molar-refractivity contribution in [1.29, 1.82) is 0 Å². The van der Waals surface area contributed by atoms with E-state index in [9.17, 15) is 10.2 Å². The fourth-order valence-corrected chi connectivity index (χ4v) is 4.53. The second-order valence-corrected chi connectivity index (χ2v) is 10.1. The van der Waals surface area contributed by atoms with Crippen molar-refractivity contribution in [2.45, 2.75) is 78.8 Å². The first-order chi connectivity index (χ1) is 15.1. The molecule has 2 atom stereocenters. The lowest BCUT2D eigenvalue weighted by Crippen LogP contribution is -2.37. The Kier molecular flexibility index (Phi) is 6.13. The zero-order valence-electron chi connectivity index (χ0n) is 19.8. The molecule has 8 nitrogen and oxygen atoms in total. The van der Waals surface area contributed by atoms with Crippen LogP contribution < -0.4 is 4.90 Å². The number of furan rings is 1. The number of pyridine rings is 1. The van der Waals surface area contributed by atoms with E-state index in [4.69, 9.17) is 14.1 Å². The molecule has 8 heteroatoms. The van der Waals surface area contributed by atoms with Crippen LogP contribution in [0.25, 0.3) is 22.2 Å². The molecule has 3 aromatic rings. The molecule has 174 valence electrons. The van der Waals surface area contributed by atoms with Gasteiger partial charge in [-0.15, -0.1) is 0 Å². The van der Waals surface area contributed by atoms with E-state index in [1.54, 1.807) is 13.8 Å². The minimum Gasteiger partial charge on any atom is -0.432 e. The number of rotatable bonds is 7. The highest BCUT2D eigenvalue weighted by molar-refractivity contribution is 6.06. The molecule has 0 saturated heterocycles. The maximum atomic E-state index is 10.0. The lowest BCUT2D eigenvalue weighted by Gasteiger charge is -2.33. The van der Waals surface area contributed by atoms with E-state index in [1.165, 1.54) is 11.9 Å². The van der Waals surface area contributed by atoms with Crippen LogP contribution in [-0.4, -0.2) is 56.1 Å². The van der Waals surface area contributed by atoms with Crippen molar-refractivity contribution in [3.05, 3.63) is 23.1 Å². The molecule has 2 unspecified atom stereocenters. The molecule has 1 aliphatic heterocycles. The van der Waals surface area contributed by atoms with Crippen LogP contribution in [0.2, 0.25) is 0 Å². The Morgan fingerprint density at radius 3 is 2.38 bits per heavy atom. The molecule has 0 bridgehead atoms. The minimum absolute atomic E-state index is 0.291. The number of ether oxygens (including phenoxy) is 1. The van der Waals surface area contributed by atoms with Crippen molar-refractivity contribution in [3.8, 4) is 0 Å². The third kappa shape index (κ3) is 4.44. The van der Waals surface area contributed by atoms with Gasteiger partial charge in [0.25, 0.3) is 0 Å². The van der Waals surface area contributed by atoms with Crippen LogP contribution in [0.1, 0.15) is 58.4 Å². The van der Waals surface area contributed by atoms with E-state index in [2.05, 4.69) is 37.7 Å². The normalized spacial score (nSPS) is 17.7. The molecular weight excluding hydrogens is 408 g/mol. The Balaban J connectivity index is 1.97. The second-order valence-electron chi connectivity index (χ2n) is 10.1. The molecule has 1 aliphatic rings. The Morgan fingerprint density at radius 1 is 1.06 bits per heavy atom. The van der Waals surface area contributed by atoms with Gasteiger partial charge in [-0.3, -0.25) is 0 Å². The van der Waals surface area contributed by atoms with E-state index in [0.717, 1.165) is 29.5 Å². The first-order valence-electron chi connectivity index (χ1n) is 11.4. The molecule has 0 aromatic carbocycles. The molecule has 2 N–H and O–H groups in total. The molecule has 0 saturated carbocycles. The summed E-state index contributed by atoms with van der Waals surface area (Å²) in [4.78, 5) is 15.8. The molecule has 4 rings (SSSR count). The van der Waals surface area contributed by atoms with Gasteiger partial charge >= 0.3 is 0 Å². The number of aliphatic hydroxyl groups excluding tert-OH is 2. The summed E-state index contributed by atoms with van der Waals surface area (Å²) in [5.74, 6) is 1.01. The highest BCUT2D eigenvalue weighted by Crippen LogP contribution is 2.40. The van der Waals surface area contributed by atoms with Gasteiger partial charge in [0.05, 0.1) is 35.5 Å². The smallest absolute Gasteiger partial charge is 0.229 e. The van der Waals surface area contributed by atoms with Crippen LogP contribution in [0.3, 0.4) is 0 Å². The number of hydrogen-bond donors (Lipinski definition) is 2. The lowest BCUT2D eigenvalue weighted by molar-refractivity contribution is -0.0402. The number of aromatic nitrogens is 3. The first-order valence-corrected chi connectivity index (χ1v) is 11.4. The zero-order chi connectivity index (χ0) is 23.2. The summed E-state index contributed by atoms with van der Waals surface area (Å²) < 4.78 is 12.4. The summed E-state index contributed by atoms with van der Waals surface area (Å²) in [5, 5.41) is 21.0. The third-order valence-corrected chi connectivity index (χ3v) is 5.77. The molecule has 0 fully saturated rings. The zero-order valence-corrected chi connectivity index (χ0v) is 19.8. The van der Waals surface area contributed by atoms with Crippen molar-refractivity contribution < 1.29 is 19.4 Å². The van der Waals surface area contributed by atoms with Gasteiger partial charge in [0.15, 0.2) is 11.4 Å². The standard InChI is InChI=1S/C24H34N4O4/c1-13(2)7-18-17-11-31-24(5,6)8-16(17)19-20-21(32-23(19)27-18)22(26-12-25-20)28(9-14(3)29)10-15(4)30/h12-15,29-30H,7-11H2,1-6H3. The molecule has 0 radical (unpaired) electrons. The predicted octanol–water partition coefficient (Wildman–Crippen LogP) is 3.39. The van der Waals surface area contributed by atoms with Crippen molar-refractivity contribution >= 4 is 28.0 Å². The van der Waals surface area contributed by atoms with Crippen LogP contribution in [0.4, 0.5) is 5.82 Å². The summed E-state index contributed by atoms with van der Waals surface area (Å²) in [5.41, 5.74) is 4.84. The topological polar surface area (TPSA) is 105 Å². The van der Waals surface area contributed by atoms with Gasteiger partial charge in [-0.05, 0) is 45.6 Å². The number of hydrogen-bond acceptors (Lipinski definition) is 8. The average molecular weight is 443 g/mol. The van der Waals surface area contributed by atoms with E-state index in [1.807, 2.05) is 4.90 Å². The van der Waals surface area contributed by atoms with Crippen LogP contribution in [0.5, 0.6) is 0 Å². The number of aliphatic hydroxyl groups is 2. The molecule has 32 heavy (non-hydrogen) atoms. The highest BCUT2D eigenvalue weighted by atomic mass is 16.5. The molecule has 0 spiro atoms. The molecular formula is C24H34N4O4. The Bertz CT molecular complexity index is 1110. The summed E-state index contributed by atoms with van der Waals surface area (Å²) in [6.07, 6.45) is 1.91. The van der Waals surface area contributed by atoms with E-state index < -0.39 is 12.2 Å². The number of nitrogens with zero attached hydrogens (tertiary/aromatic N) is 4. The number of anilines is 1. The van der Waals surface area contributed by atoms with Crippen LogP contribution in [0, 0.1) is 5.92 Å². The quantitative estimate of drug-likeness (QED) is 0.574. The van der Waals surface area contributed by atoms with E-state index in [-0.39, 0.29) is 5.60 Å². The van der Waals surface area contributed by atoms with Gasteiger partial charge in [0.2, 0.25) is 5.71 Å². The maximum absolute atomic E-state index is 10.0. The largest absolute Gasteiger partial charge is 0.432 e.